The third-order valence-electron chi connectivity index (χ3n) is 2.44. The molecule has 1 heterocycles. The fourth-order valence-corrected chi connectivity index (χ4v) is 1.84. The molecular formula is C12H9BrF2O2. The lowest BCUT2D eigenvalue weighted by Crippen LogP contribution is -2.03. The Balaban J connectivity index is 2.43. The van der Waals surface area contributed by atoms with E-state index in [1.165, 1.54) is 19.1 Å². The monoisotopic (exact) mass is 302 g/mol. The first-order valence-electron chi connectivity index (χ1n) is 4.88. The van der Waals surface area contributed by atoms with E-state index in [9.17, 15) is 13.9 Å². The number of rotatable bonds is 2. The Morgan fingerprint density at radius 3 is 2.53 bits per heavy atom. The second-order valence-electron chi connectivity index (χ2n) is 3.67. The van der Waals surface area contributed by atoms with Crippen molar-refractivity contribution in [1.29, 1.82) is 0 Å². The van der Waals surface area contributed by atoms with Crippen LogP contribution in [0.1, 0.15) is 23.0 Å². The third-order valence-corrected chi connectivity index (χ3v) is 2.86. The predicted molar refractivity (Wildman–Crippen MR) is 61.6 cm³/mol. The number of furan rings is 1. The molecule has 0 aliphatic heterocycles. The molecule has 0 amide bonds. The molecule has 0 bridgehead atoms. The second kappa shape index (κ2) is 4.58. The number of aliphatic hydroxyl groups excluding tert-OH is 1. The van der Waals surface area contributed by atoms with Gasteiger partial charge in [-0.2, -0.15) is 0 Å². The van der Waals surface area contributed by atoms with Crippen LogP contribution in [0.4, 0.5) is 8.78 Å². The minimum absolute atomic E-state index is 0.00856. The predicted octanol–water partition coefficient (Wildman–Crippen LogP) is 3.71. The summed E-state index contributed by atoms with van der Waals surface area (Å²) in [5, 5.41) is 9.92. The minimum atomic E-state index is -1.25. The number of hydrogen-bond acceptors (Lipinski definition) is 2. The van der Waals surface area contributed by atoms with Crippen LogP contribution in [0.2, 0.25) is 0 Å². The maximum absolute atomic E-state index is 13.5. The summed E-state index contributed by atoms with van der Waals surface area (Å²) in [6, 6.07) is 5.14. The van der Waals surface area contributed by atoms with E-state index in [2.05, 4.69) is 15.9 Å². The lowest BCUT2D eigenvalue weighted by Gasteiger charge is -2.10. The van der Waals surface area contributed by atoms with Crippen molar-refractivity contribution in [3.63, 3.8) is 0 Å². The van der Waals surface area contributed by atoms with Gasteiger partial charge in [0.1, 0.15) is 23.5 Å². The maximum atomic E-state index is 13.5. The molecule has 5 heteroatoms. The Labute approximate surface area is 105 Å². The zero-order chi connectivity index (χ0) is 12.6. The van der Waals surface area contributed by atoms with Gasteiger partial charge < -0.3 is 9.52 Å². The molecule has 2 aromatic rings. The van der Waals surface area contributed by atoms with Crippen LogP contribution in [0.15, 0.2) is 33.4 Å². The summed E-state index contributed by atoms with van der Waals surface area (Å²) in [5.41, 5.74) is 0.261. The molecule has 0 aliphatic rings. The fourth-order valence-electron chi connectivity index (χ4n) is 1.52. The summed E-state index contributed by atoms with van der Waals surface area (Å²) < 4.78 is 32.2. The largest absolute Gasteiger partial charge is 0.451 e. The summed E-state index contributed by atoms with van der Waals surface area (Å²) in [6.07, 6.45) is -1.25. The van der Waals surface area contributed by atoms with Gasteiger partial charge in [0, 0.05) is 11.6 Å². The van der Waals surface area contributed by atoms with Gasteiger partial charge in [0.05, 0.1) is 0 Å². The number of hydrogen-bond donors (Lipinski definition) is 1. The highest BCUT2D eigenvalue weighted by Gasteiger charge is 2.19. The SMILES string of the molecule is Cc1cc(C(O)c2ccc(Br)o2)c(F)cc1F. The normalized spacial score (nSPS) is 12.8. The number of aliphatic hydroxyl groups is 1. The molecule has 0 saturated heterocycles. The van der Waals surface area contributed by atoms with Crippen molar-refractivity contribution in [1.82, 2.24) is 0 Å². The minimum Gasteiger partial charge on any atom is -0.451 e. The van der Waals surface area contributed by atoms with Crippen molar-refractivity contribution in [2.45, 2.75) is 13.0 Å². The van der Waals surface area contributed by atoms with E-state index in [1.807, 2.05) is 0 Å². The highest BCUT2D eigenvalue weighted by atomic mass is 79.9. The molecule has 1 N–H and O–H groups in total. The van der Waals surface area contributed by atoms with Crippen molar-refractivity contribution in [2.75, 3.05) is 0 Å². The van der Waals surface area contributed by atoms with Gasteiger partial charge in [-0.15, -0.1) is 0 Å². The van der Waals surface area contributed by atoms with Crippen LogP contribution in [0.3, 0.4) is 0 Å². The highest BCUT2D eigenvalue weighted by Crippen LogP contribution is 2.28. The third kappa shape index (κ3) is 2.40. The van der Waals surface area contributed by atoms with Crippen LogP contribution in [-0.4, -0.2) is 5.11 Å². The highest BCUT2D eigenvalue weighted by molar-refractivity contribution is 9.10. The average Bonchev–Trinajstić information content (AvgIpc) is 2.69. The molecule has 1 aromatic carbocycles. The Bertz CT molecular complexity index is 551. The van der Waals surface area contributed by atoms with E-state index < -0.39 is 17.7 Å². The number of halogens is 3. The summed E-state index contributed by atoms with van der Waals surface area (Å²) in [4.78, 5) is 0. The lowest BCUT2D eigenvalue weighted by molar-refractivity contribution is 0.183. The Kier molecular flexibility index (Phi) is 3.31. The van der Waals surface area contributed by atoms with E-state index in [-0.39, 0.29) is 16.9 Å². The summed E-state index contributed by atoms with van der Waals surface area (Å²) in [6.45, 7) is 1.50. The van der Waals surface area contributed by atoms with Gasteiger partial charge in [-0.05, 0) is 46.6 Å². The van der Waals surface area contributed by atoms with E-state index in [0.29, 0.717) is 4.67 Å². The van der Waals surface area contributed by atoms with Gasteiger partial charge in [0.2, 0.25) is 0 Å². The Morgan fingerprint density at radius 1 is 1.24 bits per heavy atom. The summed E-state index contributed by atoms with van der Waals surface area (Å²) in [7, 11) is 0. The first kappa shape index (κ1) is 12.3. The standard InChI is InChI=1S/C12H9BrF2O2/c1-6-4-7(9(15)5-8(6)14)12(16)10-2-3-11(13)17-10/h2-5,12,16H,1H3. The average molecular weight is 303 g/mol. The summed E-state index contributed by atoms with van der Waals surface area (Å²) in [5.74, 6) is -1.24. The maximum Gasteiger partial charge on any atom is 0.169 e. The molecule has 0 radical (unpaired) electrons. The summed E-state index contributed by atoms with van der Waals surface area (Å²) >= 11 is 3.09. The molecule has 90 valence electrons. The van der Waals surface area contributed by atoms with Crippen LogP contribution >= 0.6 is 15.9 Å². The molecule has 2 rings (SSSR count). The first-order chi connectivity index (χ1) is 7.99. The molecule has 0 fully saturated rings. The van der Waals surface area contributed by atoms with Crippen LogP contribution in [0.25, 0.3) is 0 Å². The van der Waals surface area contributed by atoms with E-state index in [4.69, 9.17) is 4.42 Å². The quantitative estimate of drug-likeness (QED) is 0.917. The van der Waals surface area contributed by atoms with Gasteiger partial charge in [0.25, 0.3) is 0 Å². The van der Waals surface area contributed by atoms with E-state index in [1.54, 1.807) is 6.07 Å². The van der Waals surface area contributed by atoms with Crippen molar-refractivity contribution in [3.8, 4) is 0 Å². The molecule has 0 aliphatic carbocycles. The van der Waals surface area contributed by atoms with Crippen molar-refractivity contribution in [3.05, 3.63) is 57.5 Å². The van der Waals surface area contributed by atoms with E-state index in [0.717, 1.165) is 6.07 Å². The van der Waals surface area contributed by atoms with Gasteiger partial charge >= 0.3 is 0 Å². The van der Waals surface area contributed by atoms with Crippen LogP contribution < -0.4 is 0 Å². The Morgan fingerprint density at radius 2 is 1.94 bits per heavy atom. The lowest BCUT2D eigenvalue weighted by atomic mass is 10.0. The van der Waals surface area contributed by atoms with Crippen molar-refractivity contribution >= 4 is 15.9 Å². The number of aryl methyl sites for hydroxylation is 1. The Hall–Kier alpha value is -1.20. The molecule has 17 heavy (non-hydrogen) atoms. The van der Waals surface area contributed by atoms with Crippen LogP contribution in [-0.2, 0) is 0 Å². The van der Waals surface area contributed by atoms with Crippen molar-refractivity contribution in [2.24, 2.45) is 0 Å². The van der Waals surface area contributed by atoms with Gasteiger partial charge in [-0.25, -0.2) is 8.78 Å². The van der Waals surface area contributed by atoms with Crippen LogP contribution in [0.5, 0.6) is 0 Å². The second-order valence-corrected chi connectivity index (χ2v) is 4.45. The smallest absolute Gasteiger partial charge is 0.169 e. The molecule has 1 atom stereocenters. The molecule has 0 saturated carbocycles. The van der Waals surface area contributed by atoms with Gasteiger partial charge in [-0.1, -0.05) is 0 Å². The zero-order valence-electron chi connectivity index (χ0n) is 8.88. The topological polar surface area (TPSA) is 33.4 Å². The molecule has 0 spiro atoms. The molecule has 1 unspecified atom stereocenters. The number of benzene rings is 1. The van der Waals surface area contributed by atoms with Crippen LogP contribution in [0, 0.1) is 18.6 Å². The molecule has 1 aromatic heterocycles. The van der Waals surface area contributed by atoms with Crippen molar-refractivity contribution < 1.29 is 18.3 Å². The molecule has 2 nitrogen and oxygen atoms in total. The fraction of sp³-hybridized carbons (Fsp3) is 0.167. The zero-order valence-corrected chi connectivity index (χ0v) is 10.5. The van der Waals surface area contributed by atoms with E-state index >= 15 is 0 Å². The van der Waals surface area contributed by atoms with Gasteiger partial charge in [0.15, 0.2) is 4.67 Å². The first-order valence-corrected chi connectivity index (χ1v) is 5.67. The molecular weight excluding hydrogens is 294 g/mol. The van der Waals surface area contributed by atoms with Gasteiger partial charge in [-0.3, -0.25) is 0 Å².